The number of rotatable bonds is 5. The SMILES string of the molecule is Cc1ccc([C@H]2CC(c3ccccc3)=NN2C2=NC(=O)[C@@H](CC(=O)Nc3cccc(C)c3)S2)cc1. The van der Waals surface area contributed by atoms with Gasteiger partial charge < -0.3 is 5.32 Å². The van der Waals surface area contributed by atoms with Crippen molar-refractivity contribution in [2.24, 2.45) is 10.1 Å². The number of aliphatic imine (C=N–C) groups is 1. The van der Waals surface area contributed by atoms with Gasteiger partial charge in [0.05, 0.1) is 11.8 Å². The molecule has 2 atom stereocenters. The first-order valence-electron chi connectivity index (χ1n) is 11.6. The number of carbonyl (C=O) groups excluding carboxylic acids is 2. The van der Waals surface area contributed by atoms with Gasteiger partial charge in [0.1, 0.15) is 5.25 Å². The van der Waals surface area contributed by atoms with Crippen molar-refractivity contribution in [1.29, 1.82) is 0 Å². The van der Waals surface area contributed by atoms with Crippen LogP contribution in [0.25, 0.3) is 0 Å². The van der Waals surface area contributed by atoms with Gasteiger partial charge in [0.25, 0.3) is 5.91 Å². The lowest BCUT2D eigenvalue weighted by Gasteiger charge is -2.23. The maximum absolute atomic E-state index is 12.8. The molecule has 1 N–H and O–H groups in total. The van der Waals surface area contributed by atoms with Crippen LogP contribution in [0.4, 0.5) is 5.69 Å². The van der Waals surface area contributed by atoms with Crippen LogP contribution in [0, 0.1) is 13.8 Å². The highest BCUT2D eigenvalue weighted by molar-refractivity contribution is 8.15. The number of hydrogen-bond acceptors (Lipinski definition) is 5. The van der Waals surface area contributed by atoms with E-state index in [4.69, 9.17) is 5.10 Å². The minimum absolute atomic E-state index is 0.0583. The molecular weight excluding hydrogens is 456 g/mol. The average molecular weight is 483 g/mol. The quantitative estimate of drug-likeness (QED) is 0.523. The zero-order chi connectivity index (χ0) is 24.4. The number of carbonyl (C=O) groups is 2. The van der Waals surface area contributed by atoms with Crippen molar-refractivity contribution >= 4 is 40.1 Å². The lowest BCUT2D eigenvalue weighted by atomic mass is 9.98. The first-order valence-corrected chi connectivity index (χ1v) is 12.5. The van der Waals surface area contributed by atoms with Crippen LogP contribution in [0.5, 0.6) is 0 Å². The second-order valence-electron chi connectivity index (χ2n) is 8.85. The Morgan fingerprint density at radius 3 is 2.51 bits per heavy atom. The minimum atomic E-state index is -0.565. The van der Waals surface area contributed by atoms with E-state index in [9.17, 15) is 9.59 Å². The number of benzene rings is 3. The van der Waals surface area contributed by atoms with Crippen LogP contribution in [0.3, 0.4) is 0 Å². The molecule has 0 bridgehead atoms. The Morgan fingerprint density at radius 1 is 1.00 bits per heavy atom. The molecule has 0 aliphatic carbocycles. The summed E-state index contributed by atoms with van der Waals surface area (Å²) in [4.78, 5) is 29.7. The van der Waals surface area contributed by atoms with Crippen molar-refractivity contribution in [3.05, 3.63) is 101 Å². The Hall–Kier alpha value is -3.71. The van der Waals surface area contributed by atoms with Crippen molar-refractivity contribution in [3.63, 3.8) is 0 Å². The summed E-state index contributed by atoms with van der Waals surface area (Å²) in [5.41, 5.74) is 6.08. The van der Waals surface area contributed by atoms with E-state index in [-0.39, 0.29) is 24.3 Å². The van der Waals surface area contributed by atoms with E-state index >= 15 is 0 Å². The van der Waals surface area contributed by atoms with Gasteiger partial charge in [0, 0.05) is 18.5 Å². The second-order valence-corrected chi connectivity index (χ2v) is 10.0. The van der Waals surface area contributed by atoms with Gasteiger partial charge in [0.2, 0.25) is 5.91 Å². The maximum Gasteiger partial charge on any atom is 0.262 e. The standard InChI is InChI=1S/C28H26N4O2S/c1-18-11-13-21(14-12-18)24-16-23(20-8-4-3-5-9-20)31-32(24)28-30-27(34)25(35-28)17-26(33)29-22-10-6-7-19(2)15-22/h3-15,24-25H,16-17H2,1-2H3,(H,29,33)/t24-,25-/m1/s1. The van der Waals surface area contributed by atoms with Crippen molar-refractivity contribution in [1.82, 2.24) is 5.01 Å². The van der Waals surface area contributed by atoms with Gasteiger partial charge in [-0.15, -0.1) is 0 Å². The predicted molar refractivity (Wildman–Crippen MR) is 142 cm³/mol. The highest BCUT2D eigenvalue weighted by Crippen LogP contribution is 2.38. The van der Waals surface area contributed by atoms with Gasteiger partial charge in [-0.3, -0.25) is 9.59 Å². The number of thioether (sulfide) groups is 1. The number of anilines is 1. The third-order valence-corrected chi connectivity index (χ3v) is 7.22. The number of amides is 2. The van der Waals surface area contributed by atoms with Crippen molar-refractivity contribution in [3.8, 4) is 0 Å². The van der Waals surface area contributed by atoms with Crippen LogP contribution < -0.4 is 5.32 Å². The molecule has 0 fully saturated rings. The van der Waals surface area contributed by atoms with E-state index in [2.05, 4.69) is 41.5 Å². The third-order valence-electron chi connectivity index (χ3n) is 6.08. The molecule has 176 valence electrons. The van der Waals surface area contributed by atoms with E-state index in [0.29, 0.717) is 11.6 Å². The number of hydrogen-bond donors (Lipinski definition) is 1. The summed E-state index contributed by atoms with van der Waals surface area (Å²) in [5, 5.41) is 9.61. The molecule has 2 aliphatic rings. The molecule has 2 heterocycles. The number of nitrogens with one attached hydrogen (secondary N) is 1. The molecule has 0 unspecified atom stereocenters. The average Bonchev–Trinajstić information content (AvgIpc) is 3.44. The molecule has 7 heteroatoms. The monoisotopic (exact) mass is 482 g/mol. The summed E-state index contributed by atoms with van der Waals surface area (Å²) in [6, 6.07) is 26.0. The van der Waals surface area contributed by atoms with Gasteiger partial charge in [-0.1, -0.05) is 84.1 Å². The Kier molecular flexibility index (Phi) is 6.51. The minimum Gasteiger partial charge on any atom is -0.326 e. The zero-order valence-electron chi connectivity index (χ0n) is 19.6. The maximum atomic E-state index is 12.8. The fourth-order valence-corrected chi connectivity index (χ4v) is 5.31. The second kappa shape index (κ2) is 9.88. The van der Waals surface area contributed by atoms with Crippen LogP contribution in [0.15, 0.2) is 89.0 Å². The highest BCUT2D eigenvalue weighted by atomic mass is 32.2. The van der Waals surface area contributed by atoms with Gasteiger partial charge in [0.15, 0.2) is 5.17 Å². The predicted octanol–water partition coefficient (Wildman–Crippen LogP) is 5.48. The van der Waals surface area contributed by atoms with E-state index in [1.165, 1.54) is 17.3 Å². The van der Waals surface area contributed by atoms with Crippen molar-refractivity contribution in [2.45, 2.75) is 38.0 Å². The first-order chi connectivity index (χ1) is 17.0. The smallest absolute Gasteiger partial charge is 0.262 e. The summed E-state index contributed by atoms with van der Waals surface area (Å²) >= 11 is 1.32. The van der Waals surface area contributed by atoms with Crippen LogP contribution in [-0.4, -0.2) is 33.0 Å². The fraction of sp³-hybridized carbons (Fsp3) is 0.214. The van der Waals surface area contributed by atoms with Crippen LogP contribution in [-0.2, 0) is 9.59 Å². The third kappa shape index (κ3) is 5.20. The Morgan fingerprint density at radius 2 is 1.77 bits per heavy atom. The Bertz CT molecular complexity index is 1320. The number of hydrazone groups is 1. The highest BCUT2D eigenvalue weighted by Gasteiger charge is 2.39. The molecule has 0 saturated carbocycles. The Balaban J connectivity index is 1.34. The molecule has 6 nitrogen and oxygen atoms in total. The summed E-state index contributed by atoms with van der Waals surface area (Å²) in [5.74, 6) is -0.502. The van der Waals surface area contributed by atoms with E-state index in [1.54, 1.807) is 0 Å². The first kappa shape index (κ1) is 23.1. The van der Waals surface area contributed by atoms with Crippen LogP contribution >= 0.6 is 11.8 Å². The number of amidine groups is 1. The van der Waals surface area contributed by atoms with Crippen molar-refractivity contribution < 1.29 is 9.59 Å². The number of aryl methyl sites for hydroxylation is 2. The van der Waals surface area contributed by atoms with Crippen LogP contribution in [0.2, 0.25) is 0 Å². The number of nitrogens with zero attached hydrogens (tertiary/aromatic N) is 3. The summed E-state index contributed by atoms with van der Waals surface area (Å²) < 4.78 is 0. The molecule has 2 amide bonds. The topological polar surface area (TPSA) is 74.1 Å². The molecule has 3 aromatic carbocycles. The lowest BCUT2D eigenvalue weighted by Crippen LogP contribution is -2.25. The van der Waals surface area contributed by atoms with E-state index in [1.807, 2.05) is 66.5 Å². The molecule has 0 saturated heterocycles. The van der Waals surface area contributed by atoms with E-state index in [0.717, 1.165) is 28.1 Å². The molecule has 3 aromatic rings. The van der Waals surface area contributed by atoms with Gasteiger partial charge in [-0.2, -0.15) is 10.1 Å². The molecule has 0 radical (unpaired) electrons. The van der Waals surface area contributed by atoms with Crippen molar-refractivity contribution in [2.75, 3.05) is 5.32 Å². The molecular formula is C28H26N4O2S. The lowest BCUT2D eigenvalue weighted by molar-refractivity contribution is -0.121. The molecule has 35 heavy (non-hydrogen) atoms. The molecule has 0 spiro atoms. The largest absolute Gasteiger partial charge is 0.326 e. The molecule has 2 aliphatic heterocycles. The normalized spacial score (nSPS) is 19.5. The summed E-state index contributed by atoms with van der Waals surface area (Å²) in [6.07, 6.45) is 0.766. The fourth-order valence-electron chi connectivity index (χ4n) is 4.25. The molecule has 0 aromatic heterocycles. The van der Waals surface area contributed by atoms with Gasteiger partial charge in [-0.25, -0.2) is 5.01 Å². The summed E-state index contributed by atoms with van der Waals surface area (Å²) in [6.45, 7) is 4.03. The summed E-state index contributed by atoms with van der Waals surface area (Å²) in [7, 11) is 0. The van der Waals surface area contributed by atoms with E-state index < -0.39 is 5.25 Å². The Labute approximate surface area is 209 Å². The molecule has 5 rings (SSSR count). The van der Waals surface area contributed by atoms with Gasteiger partial charge >= 0.3 is 0 Å². The van der Waals surface area contributed by atoms with Crippen LogP contribution in [0.1, 0.15) is 41.1 Å². The zero-order valence-corrected chi connectivity index (χ0v) is 20.5. The van der Waals surface area contributed by atoms with Gasteiger partial charge in [-0.05, 0) is 42.7 Å².